The van der Waals surface area contributed by atoms with E-state index in [2.05, 4.69) is 24.9 Å². The summed E-state index contributed by atoms with van der Waals surface area (Å²) in [5.41, 5.74) is 7.57. The van der Waals surface area contributed by atoms with Crippen molar-refractivity contribution in [2.24, 2.45) is 0 Å². The number of aryl methyl sites for hydroxylation is 1. The number of aromatic nitrogens is 6. The SMILES string of the molecule is Cc1nc(SC[C@H]2O[C@@H](n3cnc4c(N)ncnc43)[C@H](O)[C@@H]2O)[nH]c(=O)c1C. The van der Waals surface area contributed by atoms with Crippen LogP contribution in [0, 0.1) is 13.8 Å². The summed E-state index contributed by atoms with van der Waals surface area (Å²) in [4.78, 5) is 31.0. The number of imidazole rings is 1. The molecule has 0 saturated carbocycles. The largest absolute Gasteiger partial charge is 0.387 e. The van der Waals surface area contributed by atoms with Gasteiger partial charge in [0.15, 0.2) is 22.8 Å². The van der Waals surface area contributed by atoms with E-state index in [1.807, 2.05) is 0 Å². The van der Waals surface area contributed by atoms with Gasteiger partial charge in [0, 0.05) is 17.0 Å². The van der Waals surface area contributed by atoms with Crippen molar-refractivity contribution >= 4 is 28.7 Å². The summed E-state index contributed by atoms with van der Waals surface area (Å²) in [6, 6.07) is 0. The molecule has 0 amide bonds. The summed E-state index contributed by atoms with van der Waals surface area (Å²) < 4.78 is 7.38. The molecule has 12 heteroatoms. The van der Waals surface area contributed by atoms with Crippen LogP contribution in [-0.4, -0.2) is 63.8 Å². The fourth-order valence-electron chi connectivity index (χ4n) is 3.00. The van der Waals surface area contributed by atoms with Crippen molar-refractivity contribution in [2.75, 3.05) is 11.5 Å². The molecular weight excluding hydrogens is 386 g/mol. The molecule has 0 bridgehead atoms. The van der Waals surface area contributed by atoms with Crippen molar-refractivity contribution in [1.82, 2.24) is 29.5 Å². The van der Waals surface area contributed by atoms with Crippen LogP contribution in [0.5, 0.6) is 0 Å². The third-order valence-electron chi connectivity index (χ3n) is 4.76. The van der Waals surface area contributed by atoms with E-state index in [0.717, 1.165) is 0 Å². The maximum atomic E-state index is 11.9. The zero-order valence-corrected chi connectivity index (χ0v) is 15.9. The Morgan fingerprint density at radius 1 is 1.29 bits per heavy atom. The number of nitrogen functional groups attached to an aromatic ring is 1. The van der Waals surface area contributed by atoms with Gasteiger partial charge in [-0.15, -0.1) is 0 Å². The Labute approximate surface area is 163 Å². The average molecular weight is 405 g/mol. The highest BCUT2D eigenvalue weighted by molar-refractivity contribution is 7.99. The number of H-pyrrole nitrogens is 1. The highest BCUT2D eigenvalue weighted by Gasteiger charge is 2.44. The topological polar surface area (TPSA) is 165 Å². The van der Waals surface area contributed by atoms with Crippen molar-refractivity contribution in [2.45, 2.75) is 43.5 Å². The van der Waals surface area contributed by atoms with Gasteiger partial charge in [0.25, 0.3) is 5.56 Å². The van der Waals surface area contributed by atoms with Gasteiger partial charge < -0.3 is 25.7 Å². The summed E-state index contributed by atoms with van der Waals surface area (Å²) in [7, 11) is 0. The number of thioether (sulfide) groups is 1. The normalized spacial score (nSPS) is 24.9. The summed E-state index contributed by atoms with van der Waals surface area (Å²) in [5.74, 6) is 0.498. The highest BCUT2D eigenvalue weighted by Crippen LogP contribution is 2.34. The first-order chi connectivity index (χ1) is 13.4. The molecule has 1 aliphatic heterocycles. The van der Waals surface area contributed by atoms with Crippen LogP contribution in [0.15, 0.2) is 22.6 Å². The Morgan fingerprint density at radius 3 is 2.82 bits per heavy atom. The summed E-state index contributed by atoms with van der Waals surface area (Å²) in [6.07, 6.45) is -1.16. The predicted octanol–water partition coefficient (Wildman–Crippen LogP) is -0.480. The van der Waals surface area contributed by atoms with Crippen LogP contribution in [0.25, 0.3) is 11.2 Å². The fraction of sp³-hybridized carbons (Fsp3) is 0.438. The zero-order chi connectivity index (χ0) is 20.0. The van der Waals surface area contributed by atoms with Crippen LogP contribution in [0.1, 0.15) is 17.5 Å². The van der Waals surface area contributed by atoms with Crippen LogP contribution in [0.2, 0.25) is 0 Å². The van der Waals surface area contributed by atoms with Crippen LogP contribution >= 0.6 is 11.8 Å². The Morgan fingerprint density at radius 2 is 2.07 bits per heavy atom. The van der Waals surface area contributed by atoms with Gasteiger partial charge in [0.05, 0.1) is 12.4 Å². The Kier molecular flexibility index (Phi) is 4.79. The second kappa shape index (κ2) is 7.13. The lowest BCUT2D eigenvalue weighted by Crippen LogP contribution is -2.32. The lowest BCUT2D eigenvalue weighted by atomic mass is 10.1. The number of aromatic amines is 1. The van der Waals surface area contributed by atoms with Crippen LogP contribution in [0.4, 0.5) is 5.82 Å². The van der Waals surface area contributed by atoms with Crippen molar-refractivity contribution in [3.05, 3.63) is 34.3 Å². The fourth-order valence-corrected chi connectivity index (χ4v) is 3.97. The minimum atomic E-state index is -1.19. The Balaban J connectivity index is 1.53. The van der Waals surface area contributed by atoms with E-state index in [9.17, 15) is 15.0 Å². The lowest BCUT2D eigenvalue weighted by molar-refractivity contribution is -0.0289. The molecule has 0 unspecified atom stereocenters. The van der Waals surface area contributed by atoms with Gasteiger partial charge >= 0.3 is 0 Å². The lowest BCUT2D eigenvalue weighted by Gasteiger charge is -2.16. The minimum absolute atomic E-state index is 0.206. The zero-order valence-electron chi connectivity index (χ0n) is 15.1. The molecule has 4 heterocycles. The predicted molar refractivity (Wildman–Crippen MR) is 101 cm³/mol. The molecular formula is C16H19N7O4S. The second-order valence-corrected chi connectivity index (χ2v) is 7.53. The second-order valence-electron chi connectivity index (χ2n) is 6.52. The van der Waals surface area contributed by atoms with Crippen molar-refractivity contribution in [3.8, 4) is 0 Å². The molecule has 0 radical (unpaired) electrons. The summed E-state index contributed by atoms with van der Waals surface area (Å²) in [5, 5.41) is 21.3. The van der Waals surface area contributed by atoms with Crippen molar-refractivity contribution in [1.29, 1.82) is 0 Å². The molecule has 0 spiro atoms. The summed E-state index contributed by atoms with van der Waals surface area (Å²) in [6.45, 7) is 3.46. The minimum Gasteiger partial charge on any atom is -0.387 e. The molecule has 5 N–H and O–H groups in total. The smallest absolute Gasteiger partial charge is 0.254 e. The maximum Gasteiger partial charge on any atom is 0.254 e. The molecule has 0 aliphatic carbocycles. The molecule has 3 aromatic heterocycles. The highest BCUT2D eigenvalue weighted by atomic mass is 32.2. The number of fused-ring (bicyclic) bond motifs is 1. The molecule has 0 aromatic carbocycles. The van der Waals surface area contributed by atoms with E-state index in [-0.39, 0.29) is 17.1 Å². The molecule has 3 aromatic rings. The van der Waals surface area contributed by atoms with E-state index in [4.69, 9.17) is 10.5 Å². The summed E-state index contributed by atoms with van der Waals surface area (Å²) >= 11 is 1.23. The number of rotatable bonds is 4. The standard InChI is InChI=1S/C16H19N7O4S/c1-6-7(2)21-16(22-14(6)26)28-3-8-10(24)11(25)15(27-8)23-5-20-9-12(17)18-4-19-13(9)23/h4-5,8,10-11,15,24-25H,3H2,1-2H3,(H2,17,18,19)(H,21,22,26)/t8-,10-,11-,15-/m1/s1. The maximum absolute atomic E-state index is 11.9. The molecule has 1 fully saturated rings. The van der Waals surface area contributed by atoms with Gasteiger partial charge in [-0.25, -0.2) is 19.9 Å². The number of anilines is 1. The molecule has 11 nitrogen and oxygen atoms in total. The van der Waals surface area contributed by atoms with Gasteiger partial charge in [-0.1, -0.05) is 11.8 Å². The van der Waals surface area contributed by atoms with Gasteiger partial charge in [-0.05, 0) is 13.8 Å². The van der Waals surface area contributed by atoms with Crippen molar-refractivity contribution < 1.29 is 14.9 Å². The molecule has 4 rings (SSSR count). The molecule has 1 saturated heterocycles. The van der Waals surface area contributed by atoms with Gasteiger partial charge in [-0.3, -0.25) is 9.36 Å². The number of nitrogens with zero attached hydrogens (tertiary/aromatic N) is 5. The molecule has 4 atom stereocenters. The van der Waals surface area contributed by atoms with Crippen LogP contribution in [0.3, 0.4) is 0 Å². The van der Waals surface area contributed by atoms with E-state index >= 15 is 0 Å². The number of hydrogen-bond acceptors (Lipinski definition) is 10. The third-order valence-corrected chi connectivity index (χ3v) is 5.72. The quantitative estimate of drug-likeness (QED) is 0.329. The van der Waals surface area contributed by atoms with Crippen molar-refractivity contribution in [3.63, 3.8) is 0 Å². The number of nitrogens with two attached hydrogens (primary N) is 1. The monoisotopic (exact) mass is 405 g/mol. The van der Waals surface area contributed by atoms with E-state index in [1.165, 1.54) is 29.0 Å². The Bertz CT molecular complexity index is 1080. The van der Waals surface area contributed by atoms with Gasteiger partial charge in [0.1, 0.15) is 24.1 Å². The number of nitrogens with one attached hydrogen (secondary N) is 1. The number of aliphatic hydroxyl groups is 2. The van der Waals surface area contributed by atoms with Crippen LogP contribution < -0.4 is 11.3 Å². The molecule has 28 heavy (non-hydrogen) atoms. The molecule has 148 valence electrons. The van der Waals surface area contributed by atoms with E-state index in [1.54, 1.807) is 13.8 Å². The first kappa shape index (κ1) is 18.8. The van der Waals surface area contributed by atoms with E-state index < -0.39 is 24.5 Å². The van der Waals surface area contributed by atoms with Crippen LogP contribution in [-0.2, 0) is 4.74 Å². The number of ether oxygens (including phenoxy) is 1. The van der Waals surface area contributed by atoms with Gasteiger partial charge in [0.2, 0.25) is 0 Å². The Hall–Kier alpha value is -2.54. The first-order valence-corrected chi connectivity index (χ1v) is 9.50. The molecule has 1 aliphatic rings. The van der Waals surface area contributed by atoms with Gasteiger partial charge in [-0.2, -0.15) is 0 Å². The first-order valence-electron chi connectivity index (χ1n) is 8.51. The number of aliphatic hydroxyl groups excluding tert-OH is 2. The third kappa shape index (κ3) is 3.13. The number of hydrogen-bond donors (Lipinski definition) is 4. The average Bonchev–Trinajstić information content (AvgIpc) is 3.21. The van der Waals surface area contributed by atoms with E-state index in [0.29, 0.717) is 27.6 Å².